The van der Waals surface area contributed by atoms with Crippen molar-refractivity contribution in [3.05, 3.63) is 46.6 Å². The van der Waals surface area contributed by atoms with Crippen molar-refractivity contribution >= 4 is 23.3 Å². The predicted molar refractivity (Wildman–Crippen MR) is 115 cm³/mol. The first-order valence-corrected chi connectivity index (χ1v) is 11.6. The maximum atomic E-state index is 13.5. The molecule has 1 aromatic carbocycles. The van der Waals surface area contributed by atoms with Crippen LogP contribution >= 0.6 is 11.6 Å². The third-order valence-corrected chi connectivity index (χ3v) is 9.02. The average molecular weight is 428 g/mol. The minimum Gasteiger partial charge on any atom is -0.393 e. The maximum Gasteiger partial charge on any atom is 0.227 e. The Morgan fingerprint density at radius 2 is 1.90 bits per heavy atom. The van der Waals surface area contributed by atoms with Crippen LogP contribution in [0.5, 0.6) is 0 Å². The van der Waals surface area contributed by atoms with Crippen molar-refractivity contribution in [3.63, 3.8) is 0 Å². The zero-order valence-electron chi connectivity index (χ0n) is 17.7. The number of amides is 1. The molecule has 1 aliphatic heterocycles. The molecule has 2 saturated carbocycles. The number of hydrogen-bond donors (Lipinski definition) is 1. The second kappa shape index (κ2) is 6.93. The van der Waals surface area contributed by atoms with Crippen LogP contribution in [0, 0.1) is 28.6 Å². The minimum atomic E-state index is -0.375. The van der Waals surface area contributed by atoms with E-state index in [1.165, 1.54) is 0 Å². The number of ketones is 1. The predicted octanol–water partition coefficient (Wildman–Crippen LogP) is 4.74. The number of fused-ring (bicyclic) bond motifs is 5. The SMILES string of the molecule is CC12CC(=O)[C@H]3C(CC=C4N(Cc5ccc(Cl)cc5)C(=O)CCC43C)C1CCC2O. The number of nitrogens with zero attached hydrogens (tertiary/aromatic N) is 1. The van der Waals surface area contributed by atoms with Crippen molar-refractivity contribution in [1.29, 1.82) is 0 Å². The summed E-state index contributed by atoms with van der Waals surface area (Å²) in [5, 5.41) is 11.3. The topological polar surface area (TPSA) is 57.6 Å². The molecule has 5 unspecified atom stereocenters. The van der Waals surface area contributed by atoms with Crippen LogP contribution in [0.2, 0.25) is 5.02 Å². The number of piperidine rings is 1. The number of aliphatic hydroxyl groups excluding tert-OH is 1. The lowest BCUT2D eigenvalue weighted by Gasteiger charge is -2.57. The molecular weight excluding hydrogens is 398 g/mol. The second-order valence-electron chi connectivity index (χ2n) is 10.3. The molecule has 3 fully saturated rings. The smallest absolute Gasteiger partial charge is 0.227 e. The van der Waals surface area contributed by atoms with E-state index in [1.54, 1.807) is 0 Å². The number of halogens is 1. The van der Waals surface area contributed by atoms with Crippen molar-refractivity contribution in [2.75, 3.05) is 0 Å². The third kappa shape index (κ3) is 2.83. The van der Waals surface area contributed by atoms with Gasteiger partial charge in [-0.25, -0.2) is 0 Å². The summed E-state index contributed by atoms with van der Waals surface area (Å²) in [7, 11) is 0. The fraction of sp³-hybridized carbons (Fsp3) is 0.600. The molecule has 4 aliphatic rings. The number of hydrogen-bond acceptors (Lipinski definition) is 3. The summed E-state index contributed by atoms with van der Waals surface area (Å²) < 4.78 is 0. The molecule has 5 heteroatoms. The van der Waals surface area contributed by atoms with Gasteiger partial charge in [-0.05, 0) is 55.2 Å². The average Bonchev–Trinajstić information content (AvgIpc) is 3.00. The Bertz CT molecular complexity index is 925. The van der Waals surface area contributed by atoms with Crippen LogP contribution in [0.25, 0.3) is 0 Å². The Morgan fingerprint density at radius 1 is 1.17 bits per heavy atom. The number of likely N-dealkylation sites (tertiary alicyclic amines) is 1. The molecule has 0 aromatic heterocycles. The van der Waals surface area contributed by atoms with E-state index < -0.39 is 0 Å². The first-order valence-electron chi connectivity index (χ1n) is 11.2. The van der Waals surface area contributed by atoms with Crippen molar-refractivity contribution in [1.82, 2.24) is 4.90 Å². The molecule has 1 N–H and O–H groups in total. The highest BCUT2D eigenvalue weighted by atomic mass is 35.5. The van der Waals surface area contributed by atoms with Gasteiger partial charge in [-0.3, -0.25) is 9.59 Å². The maximum absolute atomic E-state index is 13.5. The van der Waals surface area contributed by atoms with E-state index in [1.807, 2.05) is 29.2 Å². The van der Waals surface area contributed by atoms with Crippen LogP contribution in [0.4, 0.5) is 0 Å². The van der Waals surface area contributed by atoms with E-state index in [4.69, 9.17) is 11.6 Å². The fourth-order valence-corrected chi connectivity index (χ4v) is 7.33. The summed E-state index contributed by atoms with van der Waals surface area (Å²) in [5.74, 6) is 1.02. The standard InChI is InChI=1S/C25H30ClNO3/c1-24-12-11-22(30)27(14-15-3-5-16(26)6-4-15)20(24)9-7-17-18-8-10-21(29)25(18,2)13-19(28)23(17)24/h3-6,9,17-18,21,23,29H,7-8,10-14H2,1-2H3/t17?,18?,21?,23-,24?,25?/m1/s1. The van der Waals surface area contributed by atoms with Gasteiger partial charge in [-0.2, -0.15) is 0 Å². The molecule has 5 rings (SSSR count). The first-order chi connectivity index (χ1) is 14.2. The van der Waals surface area contributed by atoms with Gasteiger partial charge in [-0.1, -0.05) is 43.7 Å². The second-order valence-corrected chi connectivity index (χ2v) is 10.8. The zero-order valence-corrected chi connectivity index (χ0v) is 18.5. The Kier molecular flexibility index (Phi) is 4.68. The van der Waals surface area contributed by atoms with Gasteiger partial charge < -0.3 is 10.0 Å². The summed E-state index contributed by atoms with van der Waals surface area (Å²) >= 11 is 6.03. The number of Topliss-reactive ketones (excluding diaryl/α,β-unsaturated/α-hetero) is 1. The lowest BCUT2D eigenvalue weighted by Crippen LogP contribution is -2.57. The number of carbonyl (C=O) groups excluding carboxylic acids is 2. The number of benzene rings is 1. The first kappa shape index (κ1) is 20.3. The van der Waals surface area contributed by atoms with Gasteiger partial charge in [0.25, 0.3) is 0 Å². The molecule has 4 nitrogen and oxygen atoms in total. The number of allylic oxidation sites excluding steroid dienone is 2. The van der Waals surface area contributed by atoms with Gasteiger partial charge in [0.2, 0.25) is 5.91 Å². The molecular formula is C25H30ClNO3. The van der Waals surface area contributed by atoms with Crippen LogP contribution in [-0.2, 0) is 16.1 Å². The molecule has 1 amide bonds. The van der Waals surface area contributed by atoms with E-state index in [0.29, 0.717) is 30.3 Å². The number of carbonyl (C=O) groups is 2. The van der Waals surface area contributed by atoms with Crippen molar-refractivity contribution in [2.45, 2.75) is 65.0 Å². The van der Waals surface area contributed by atoms with Crippen molar-refractivity contribution in [2.24, 2.45) is 28.6 Å². The van der Waals surface area contributed by atoms with Crippen LogP contribution in [0.1, 0.15) is 57.9 Å². The van der Waals surface area contributed by atoms with Crippen LogP contribution in [0.3, 0.4) is 0 Å². The van der Waals surface area contributed by atoms with Gasteiger partial charge in [0.1, 0.15) is 5.78 Å². The van der Waals surface area contributed by atoms with Crippen LogP contribution in [-0.4, -0.2) is 27.8 Å². The molecule has 160 valence electrons. The highest BCUT2D eigenvalue weighted by molar-refractivity contribution is 6.30. The van der Waals surface area contributed by atoms with Crippen LogP contribution < -0.4 is 0 Å². The van der Waals surface area contributed by atoms with E-state index >= 15 is 0 Å². The summed E-state index contributed by atoms with van der Waals surface area (Å²) in [6, 6.07) is 7.63. The fourth-order valence-electron chi connectivity index (χ4n) is 7.20. The highest BCUT2D eigenvalue weighted by Crippen LogP contribution is 2.63. The minimum absolute atomic E-state index is 0.0540. The van der Waals surface area contributed by atoms with Crippen molar-refractivity contribution < 1.29 is 14.7 Å². The van der Waals surface area contributed by atoms with Crippen LogP contribution in [0.15, 0.2) is 36.0 Å². The Balaban J connectivity index is 1.51. The van der Waals surface area contributed by atoms with Crippen molar-refractivity contribution in [3.8, 4) is 0 Å². The lowest BCUT2D eigenvalue weighted by molar-refractivity contribution is -0.152. The lowest BCUT2D eigenvalue weighted by atomic mass is 9.49. The number of rotatable bonds is 2. The quantitative estimate of drug-likeness (QED) is 0.741. The molecule has 1 heterocycles. The van der Waals surface area contributed by atoms with Gasteiger partial charge in [0, 0.05) is 40.3 Å². The molecule has 1 saturated heterocycles. The summed E-state index contributed by atoms with van der Waals surface area (Å²) in [4.78, 5) is 28.3. The monoisotopic (exact) mass is 427 g/mol. The van der Waals surface area contributed by atoms with E-state index in [2.05, 4.69) is 19.9 Å². The van der Waals surface area contributed by atoms with E-state index in [0.717, 1.165) is 36.9 Å². The molecule has 0 radical (unpaired) electrons. The summed E-state index contributed by atoms with van der Waals surface area (Å²) in [5.41, 5.74) is 1.48. The molecule has 30 heavy (non-hydrogen) atoms. The zero-order chi connectivity index (χ0) is 21.3. The number of aliphatic hydroxyl groups is 1. The molecule has 1 aromatic rings. The molecule has 0 spiro atoms. The van der Waals surface area contributed by atoms with Gasteiger partial charge in [0.15, 0.2) is 0 Å². The molecule has 0 bridgehead atoms. The largest absolute Gasteiger partial charge is 0.393 e. The molecule has 6 atom stereocenters. The Hall–Kier alpha value is -1.65. The normalized spacial score (nSPS) is 40.5. The van der Waals surface area contributed by atoms with Gasteiger partial charge >= 0.3 is 0 Å². The Morgan fingerprint density at radius 3 is 2.63 bits per heavy atom. The van der Waals surface area contributed by atoms with Gasteiger partial charge in [-0.15, -0.1) is 0 Å². The third-order valence-electron chi connectivity index (χ3n) is 8.77. The molecule has 3 aliphatic carbocycles. The summed E-state index contributed by atoms with van der Waals surface area (Å²) in [6.07, 6.45) is 6.14. The highest BCUT2D eigenvalue weighted by Gasteiger charge is 2.62. The van der Waals surface area contributed by atoms with E-state index in [-0.39, 0.29) is 40.5 Å². The van der Waals surface area contributed by atoms with E-state index in [9.17, 15) is 14.7 Å². The Labute approximate surface area is 183 Å². The van der Waals surface area contributed by atoms with Gasteiger partial charge in [0.05, 0.1) is 12.6 Å². The summed E-state index contributed by atoms with van der Waals surface area (Å²) in [6.45, 7) is 4.83.